The molecule has 3 rings (SSSR count). The molecule has 1 atom stereocenters. The van der Waals surface area contributed by atoms with E-state index in [9.17, 15) is 9.90 Å². The van der Waals surface area contributed by atoms with Crippen LogP contribution in [0.3, 0.4) is 0 Å². The quantitative estimate of drug-likeness (QED) is 0.742. The molecule has 6 nitrogen and oxygen atoms in total. The number of ether oxygens (including phenoxy) is 2. The predicted octanol–water partition coefficient (Wildman–Crippen LogP) is 3.80. The molecule has 1 unspecified atom stereocenters. The van der Waals surface area contributed by atoms with Crippen molar-refractivity contribution in [2.24, 2.45) is 4.99 Å². The van der Waals surface area contributed by atoms with E-state index in [4.69, 9.17) is 13.9 Å². The largest absolute Gasteiger partial charge is 0.493 e. The fourth-order valence-corrected chi connectivity index (χ4v) is 2.79. The lowest BCUT2D eigenvalue weighted by Crippen LogP contribution is -2.18. The van der Waals surface area contributed by atoms with Gasteiger partial charge in [0.1, 0.15) is 17.4 Å². The Morgan fingerprint density at radius 3 is 2.48 bits per heavy atom. The van der Waals surface area contributed by atoms with E-state index in [1.54, 1.807) is 33.3 Å². The van der Waals surface area contributed by atoms with E-state index < -0.39 is 12.0 Å². The third kappa shape index (κ3) is 3.79. The molecule has 3 aromatic rings. The second kappa shape index (κ2) is 7.53. The number of hydrogen-bond donors (Lipinski definition) is 1. The highest BCUT2D eigenvalue weighted by Gasteiger charge is 2.13. The van der Waals surface area contributed by atoms with Gasteiger partial charge < -0.3 is 19.0 Å². The molecular formula is C21H21NO5. The Hall–Kier alpha value is -3.28. The topological polar surface area (TPSA) is 81.3 Å². The summed E-state index contributed by atoms with van der Waals surface area (Å²) in [6, 6.07) is 12.1. The standard InChI is InChI=1S/C21H21NO5/c1-12-5-7-17-15(9-12)16(22-13(2)21(23)24)11-19(27-17)14-6-8-18(25-3)20(10-14)26-4/h5-11,13H,1-4H3,(H,23,24). The van der Waals surface area contributed by atoms with E-state index in [1.165, 1.54) is 0 Å². The number of methoxy groups -OCH3 is 2. The predicted molar refractivity (Wildman–Crippen MR) is 102 cm³/mol. The van der Waals surface area contributed by atoms with Crippen LogP contribution in [0.4, 0.5) is 0 Å². The van der Waals surface area contributed by atoms with Crippen LogP contribution >= 0.6 is 0 Å². The van der Waals surface area contributed by atoms with E-state index in [0.29, 0.717) is 28.2 Å². The lowest BCUT2D eigenvalue weighted by molar-refractivity contribution is -0.138. The maximum absolute atomic E-state index is 11.3. The molecule has 0 bridgehead atoms. The van der Waals surface area contributed by atoms with Gasteiger partial charge in [-0.25, -0.2) is 4.79 Å². The minimum atomic E-state index is -0.982. The van der Waals surface area contributed by atoms with Crippen molar-refractivity contribution in [3.63, 3.8) is 0 Å². The Morgan fingerprint density at radius 2 is 1.81 bits per heavy atom. The summed E-state index contributed by atoms with van der Waals surface area (Å²) in [5.41, 5.74) is 2.44. The maximum atomic E-state index is 11.3. The summed E-state index contributed by atoms with van der Waals surface area (Å²) in [4.78, 5) is 15.6. The Bertz CT molecular complexity index is 1070. The second-order valence-corrected chi connectivity index (χ2v) is 6.21. The van der Waals surface area contributed by atoms with Crippen molar-refractivity contribution >= 4 is 16.9 Å². The molecule has 0 spiro atoms. The van der Waals surface area contributed by atoms with Gasteiger partial charge in [0.15, 0.2) is 11.5 Å². The summed E-state index contributed by atoms with van der Waals surface area (Å²) < 4.78 is 16.7. The number of carboxylic acid groups (broad SMARTS) is 1. The number of benzene rings is 2. The minimum absolute atomic E-state index is 0.559. The molecule has 27 heavy (non-hydrogen) atoms. The van der Waals surface area contributed by atoms with Gasteiger partial charge in [-0.15, -0.1) is 0 Å². The van der Waals surface area contributed by atoms with Gasteiger partial charge in [0.25, 0.3) is 0 Å². The van der Waals surface area contributed by atoms with Crippen LogP contribution in [0.25, 0.3) is 22.3 Å². The third-order valence-corrected chi connectivity index (χ3v) is 4.26. The van der Waals surface area contributed by atoms with Gasteiger partial charge in [0, 0.05) is 17.0 Å². The number of aryl methyl sites for hydroxylation is 1. The van der Waals surface area contributed by atoms with Gasteiger partial charge >= 0.3 is 5.97 Å². The average molecular weight is 367 g/mol. The van der Waals surface area contributed by atoms with Crippen LogP contribution in [0.5, 0.6) is 11.5 Å². The van der Waals surface area contributed by atoms with E-state index in [0.717, 1.165) is 16.5 Å². The molecule has 0 saturated carbocycles. The summed E-state index contributed by atoms with van der Waals surface area (Å²) in [6.45, 7) is 3.51. The van der Waals surface area contributed by atoms with E-state index in [2.05, 4.69) is 4.99 Å². The van der Waals surface area contributed by atoms with Crippen LogP contribution in [0.2, 0.25) is 0 Å². The smallest absolute Gasteiger partial charge is 0.328 e. The lowest BCUT2D eigenvalue weighted by Gasteiger charge is -2.10. The summed E-state index contributed by atoms with van der Waals surface area (Å²) in [5.74, 6) is 0.765. The van der Waals surface area contributed by atoms with Crippen molar-refractivity contribution < 1.29 is 23.8 Å². The fraction of sp³-hybridized carbons (Fsp3) is 0.238. The number of fused-ring (bicyclic) bond motifs is 1. The lowest BCUT2D eigenvalue weighted by atomic mass is 10.1. The number of aliphatic carboxylic acids is 1. The molecule has 0 radical (unpaired) electrons. The van der Waals surface area contributed by atoms with E-state index in [1.807, 2.05) is 37.3 Å². The zero-order chi connectivity index (χ0) is 19.6. The van der Waals surface area contributed by atoms with Gasteiger partial charge in [0.2, 0.25) is 0 Å². The molecule has 0 aliphatic heterocycles. The fourth-order valence-electron chi connectivity index (χ4n) is 2.79. The first-order valence-electron chi connectivity index (χ1n) is 8.46. The summed E-state index contributed by atoms with van der Waals surface area (Å²) in [6.07, 6.45) is 0. The highest BCUT2D eigenvalue weighted by molar-refractivity contribution is 5.80. The first-order chi connectivity index (χ1) is 12.9. The molecular weight excluding hydrogens is 346 g/mol. The second-order valence-electron chi connectivity index (χ2n) is 6.21. The molecule has 0 aliphatic carbocycles. The first kappa shape index (κ1) is 18.5. The Labute approximate surface area is 156 Å². The Morgan fingerprint density at radius 1 is 1.07 bits per heavy atom. The van der Waals surface area contributed by atoms with Gasteiger partial charge in [-0.3, -0.25) is 4.99 Å². The maximum Gasteiger partial charge on any atom is 0.328 e. The molecule has 0 saturated heterocycles. The summed E-state index contributed by atoms with van der Waals surface area (Å²) in [5, 5.41) is 10.6. The average Bonchev–Trinajstić information content (AvgIpc) is 2.67. The van der Waals surface area contributed by atoms with Crippen LogP contribution in [0.15, 0.2) is 51.9 Å². The van der Waals surface area contributed by atoms with E-state index >= 15 is 0 Å². The van der Waals surface area contributed by atoms with Crippen LogP contribution < -0.4 is 14.8 Å². The van der Waals surface area contributed by atoms with Crippen molar-refractivity contribution in [1.82, 2.24) is 0 Å². The zero-order valence-electron chi connectivity index (χ0n) is 15.6. The monoisotopic (exact) mass is 367 g/mol. The van der Waals surface area contributed by atoms with Gasteiger partial charge in [-0.1, -0.05) is 11.6 Å². The molecule has 0 fully saturated rings. The third-order valence-electron chi connectivity index (χ3n) is 4.26. The summed E-state index contributed by atoms with van der Waals surface area (Å²) >= 11 is 0. The first-order valence-corrected chi connectivity index (χ1v) is 8.46. The van der Waals surface area contributed by atoms with Crippen molar-refractivity contribution in [3.05, 3.63) is 53.4 Å². The molecule has 1 heterocycles. The van der Waals surface area contributed by atoms with Crippen molar-refractivity contribution in [3.8, 4) is 22.8 Å². The number of hydrogen-bond acceptors (Lipinski definition) is 5. The Balaban J connectivity index is 2.26. The molecule has 0 aliphatic rings. The number of rotatable bonds is 5. The highest BCUT2D eigenvalue weighted by atomic mass is 16.5. The molecule has 0 amide bonds. The molecule has 1 aromatic heterocycles. The number of carboxylic acids is 1. The van der Waals surface area contributed by atoms with Gasteiger partial charge in [0.05, 0.1) is 19.6 Å². The summed E-state index contributed by atoms with van der Waals surface area (Å²) in [7, 11) is 3.14. The molecule has 140 valence electrons. The van der Waals surface area contributed by atoms with Crippen molar-refractivity contribution in [1.29, 1.82) is 0 Å². The number of nitrogens with zero attached hydrogens (tertiary/aromatic N) is 1. The van der Waals surface area contributed by atoms with Crippen molar-refractivity contribution in [2.75, 3.05) is 14.2 Å². The van der Waals surface area contributed by atoms with Crippen LogP contribution in [0, 0.1) is 6.92 Å². The van der Waals surface area contributed by atoms with Crippen molar-refractivity contribution in [2.45, 2.75) is 19.9 Å². The normalized spacial score (nSPS) is 12.8. The molecule has 1 N–H and O–H groups in total. The van der Waals surface area contributed by atoms with Gasteiger partial charge in [-0.05, 0) is 44.2 Å². The Kier molecular flexibility index (Phi) is 5.16. The molecule has 2 aromatic carbocycles. The number of carbonyl (C=O) groups is 1. The zero-order valence-corrected chi connectivity index (χ0v) is 15.6. The molecule has 6 heteroatoms. The van der Waals surface area contributed by atoms with Crippen LogP contribution in [0.1, 0.15) is 12.5 Å². The highest BCUT2D eigenvalue weighted by Crippen LogP contribution is 2.32. The van der Waals surface area contributed by atoms with Gasteiger partial charge in [-0.2, -0.15) is 0 Å². The SMILES string of the molecule is COc1ccc(-c2cc(=NC(C)C(=O)O)c3cc(C)ccc3o2)cc1OC. The van der Waals surface area contributed by atoms with Crippen LogP contribution in [-0.2, 0) is 4.79 Å². The van der Waals surface area contributed by atoms with Crippen LogP contribution in [-0.4, -0.2) is 31.3 Å². The van der Waals surface area contributed by atoms with E-state index in [-0.39, 0.29) is 0 Å². The minimum Gasteiger partial charge on any atom is -0.493 e.